The van der Waals surface area contributed by atoms with Gasteiger partial charge in [-0.3, -0.25) is 4.79 Å². The second-order valence-electron chi connectivity index (χ2n) is 6.00. The van der Waals surface area contributed by atoms with Gasteiger partial charge in [0.25, 0.3) is 5.91 Å². The summed E-state index contributed by atoms with van der Waals surface area (Å²) in [5.41, 5.74) is -0.931. The molecule has 3 aromatic rings. The molecule has 2 aromatic carbocycles. The highest BCUT2D eigenvalue weighted by molar-refractivity contribution is 6.39. The van der Waals surface area contributed by atoms with Crippen LogP contribution in [0.1, 0.15) is 11.3 Å². The van der Waals surface area contributed by atoms with E-state index in [4.69, 9.17) is 27.6 Å². The second kappa shape index (κ2) is 8.66. The second-order valence-corrected chi connectivity index (χ2v) is 6.82. The van der Waals surface area contributed by atoms with Crippen LogP contribution in [0.15, 0.2) is 64.6 Å². The lowest BCUT2D eigenvalue weighted by molar-refractivity contribution is -0.137. The van der Waals surface area contributed by atoms with E-state index < -0.39 is 17.6 Å². The molecule has 152 valence electrons. The van der Waals surface area contributed by atoms with Crippen molar-refractivity contribution in [3.8, 4) is 17.4 Å². The minimum Gasteiger partial charge on any atom is -0.457 e. The van der Waals surface area contributed by atoms with Crippen LogP contribution in [-0.2, 0) is 11.0 Å². The van der Waals surface area contributed by atoms with Crippen molar-refractivity contribution in [2.45, 2.75) is 6.18 Å². The van der Waals surface area contributed by atoms with Gasteiger partial charge < -0.3 is 9.73 Å². The van der Waals surface area contributed by atoms with E-state index in [1.54, 1.807) is 30.3 Å². The molecule has 1 heterocycles. The van der Waals surface area contributed by atoms with Crippen molar-refractivity contribution >= 4 is 40.9 Å². The Balaban J connectivity index is 1.84. The lowest BCUT2D eigenvalue weighted by Crippen LogP contribution is -2.14. The van der Waals surface area contributed by atoms with Crippen LogP contribution in [0, 0.1) is 11.3 Å². The molecular formula is C21H11Cl2F3N2O2. The predicted octanol–water partition coefficient (Wildman–Crippen LogP) is 6.82. The van der Waals surface area contributed by atoms with Crippen molar-refractivity contribution in [3.63, 3.8) is 0 Å². The molecule has 4 nitrogen and oxygen atoms in total. The number of halogens is 5. The fourth-order valence-electron chi connectivity index (χ4n) is 2.56. The van der Waals surface area contributed by atoms with Crippen LogP contribution in [-0.4, -0.2) is 5.91 Å². The Kier molecular flexibility index (Phi) is 6.20. The van der Waals surface area contributed by atoms with E-state index in [1.807, 2.05) is 0 Å². The molecule has 0 aliphatic rings. The molecule has 1 aromatic heterocycles. The topological polar surface area (TPSA) is 66.0 Å². The van der Waals surface area contributed by atoms with Crippen LogP contribution in [0.2, 0.25) is 10.0 Å². The number of nitrogens with one attached hydrogen (secondary N) is 1. The number of alkyl halides is 3. The van der Waals surface area contributed by atoms with Gasteiger partial charge in [-0.05, 0) is 42.5 Å². The third kappa shape index (κ3) is 4.85. The number of carbonyl (C=O) groups is 1. The van der Waals surface area contributed by atoms with Gasteiger partial charge in [0, 0.05) is 11.8 Å². The molecule has 0 saturated carbocycles. The van der Waals surface area contributed by atoms with Gasteiger partial charge in [0.2, 0.25) is 0 Å². The van der Waals surface area contributed by atoms with Gasteiger partial charge in [0.05, 0.1) is 21.2 Å². The van der Waals surface area contributed by atoms with Crippen LogP contribution in [0.25, 0.3) is 17.4 Å². The zero-order valence-corrected chi connectivity index (χ0v) is 16.4. The number of furan rings is 1. The summed E-state index contributed by atoms with van der Waals surface area (Å²) in [7, 11) is 0. The van der Waals surface area contributed by atoms with Gasteiger partial charge >= 0.3 is 6.18 Å². The van der Waals surface area contributed by atoms with E-state index in [9.17, 15) is 23.2 Å². The van der Waals surface area contributed by atoms with Crippen molar-refractivity contribution in [2.24, 2.45) is 0 Å². The fourth-order valence-corrected chi connectivity index (χ4v) is 3.14. The molecule has 0 bridgehead atoms. The Hall–Kier alpha value is -3.21. The first-order chi connectivity index (χ1) is 14.2. The highest BCUT2D eigenvalue weighted by atomic mass is 35.5. The minimum absolute atomic E-state index is 0.0982. The molecule has 0 aliphatic carbocycles. The number of anilines is 1. The molecule has 0 radical (unpaired) electrons. The standard InChI is InChI=1S/C21H11Cl2F3N2O2/c22-16-5-2-6-17(23)19(16)18-8-7-15(30-18)9-12(11-27)20(29)28-14-4-1-3-13(10-14)21(24,25)26/h1-10H,(H,28,29)/b12-9+. The Morgan fingerprint density at radius 2 is 1.73 bits per heavy atom. The van der Waals surface area contributed by atoms with Crippen LogP contribution in [0.3, 0.4) is 0 Å². The average Bonchev–Trinajstić information content (AvgIpc) is 3.13. The van der Waals surface area contributed by atoms with E-state index in [1.165, 1.54) is 12.1 Å². The zero-order chi connectivity index (χ0) is 21.9. The number of carbonyl (C=O) groups excluding carboxylic acids is 1. The first kappa shape index (κ1) is 21.5. The third-order valence-electron chi connectivity index (χ3n) is 3.94. The van der Waals surface area contributed by atoms with Gasteiger partial charge in [-0.2, -0.15) is 18.4 Å². The number of nitriles is 1. The van der Waals surface area contributed by atoms with Crippen LogP contribution >= 0.6 is 23.2 Å². The first-order valence-corrected chi connectivity index (χ1v) is 9.09. The van der Waals surface area contributed by atoms with Gasteiger partial charge in [-0.25, -0.2) is 0 Å². The highest BCUT2D eigenvalue weighted by Gasteiger charge is 2.30. The van der Waals surface area contributed by atoms with E-state index in [0.29, 0.717) is 21.4 Å². The number of hydrogen-bond acceptors (Lipinski definition) is 3. The maximum atomic E-state index is 12.8. The molecule has 0 fully saturated rings. The molecule has 30 heavy (non-hydrogen) atoms. The Morgan fingerprint density at radius 1 is 1.07 bits per heavy atom. The molecule has 3 rings (SSSR count). The average molecular weight is 451 g/mol. The van der Waals surface area contributed by atoms with Crippen molar-refractivity contribution in [1.29, 1.82) is 5.26 Å². The maximum absolute atomic E-state index is 12.8. The molecule has 0 unspecified atom stereocenters. The van der Waals surface area contributed by atoms with E-state index in [0.717, 1.165) is 24.3 Å². The number of rotatable bonds is 4. The number of amides is 1. The monoisotopic (exact) mass is 450 g/mol. The number of nitrogens with zero attached hydrogens (tertiary/aromatic N) is 1. The minimum atomic E-state index is -4.56. The summed E-state index contributed by atoms with van der Waals surface area (Å²) >= 11 is 12.3. The van der Waals surface area contributed by atoms with Gasteiger partial charge in [-0.15, -0.1) is 0 Å². The van der Waals surface area contributed by atoms with Crippen molar-refractivity contribution < 1.29 is 22.4 Å². The van der Waals surface area contributed by atoms with Crippen molar-refractivity contribution in [3.05, 3.63) is 81.5 Å². The Labute approximate surface area is 179 Å². The summed E-state index contributed by atoms with van der Waals surface area (Å²) in [6, 6.07) is 13.8. The molecular weight excluding hydrogens is 440 g/mol. The third-order valence-corrected chi connectivity index (χ3v) is 4.57. The van der Waals surface area contributed by atoms with Gasteiger partial charge in [-0.1, -0.05) is 35.3 Å². The summed E-state index contributed by atoms with van der Waals surface area (Å²) < 4.78 is 44.0. The fraction of sp³-hybridized carbons (Fsp3) is 0.0476. The summed E-state index contributed by atoms with van der Waals surface area (Å²) in [4.78, 5) is 12.3. The SMILES string of the molecule is N#C/C(=C\c1ccc(-c2c(Cl)cccc2Cl)o1)C(=O)Nc1cccc(C(F)(F)F)c1. The van der Waals surface area contributed by atoms with Crippen LogP contribution in [0.5, 0.6) is 0 Å². The molecule has 0 aliphatic heterocycles. The van der Waals surface area contributed by atoms with E-state index in [2.05, 4.69) is 5.32 Å². The maximum Gasteiger partial charge on any atom is 0.416 e. The first-order valence-electron chi connectivity index (χ1n) is 8.33. The molecule has 1 amide bonds. The lowest BCUT2D eigenvalue weighted by Gasteiger charge is -2.09. The number of hydrogen-bond donors (Lipinski definition) is 1. The predicted molar refractivity (Wildman–Crippen MR) is 108 cm³/mol. The summed E-state index contributed by atoms with van der Waals surface area (Å²) in [6.45, 7) is 0. The number of benzene rings is 2. The Morgan fingerprint density at radius 3 is 2.37 bits per heavy atom. The largest absolute Gasteiger partial charge is 0.457 e. The Bertz CT molecular complexity index is 1160. The van der Waals surface area contributed by atoms with Crippen LogP contribution in [0.4, 0.5) is 18.9 Å². The molecule has 9 heteroatoms. The van der Waals surface area contributed by atoms with E-state index in [-0.39, 0.29) is 17.0 Å². The summed E-state index contributed by atoms with van der Waals surface area (Å²) in [5, 5.41) is 12.3. The molecule has 0 spiro atoms. The van der Waals surface area contributed by atoms with Crippen molar-refractivity contribution in [1.82, 2.24) is 0 Å². The zero-order valence-electron chi connectivity index (χ0n) is 14.9. The van der Waals surface area contributed by atoms with Gasteiger partial charge in [0.15, 0.2) is 0 Å². The molecule has 0 saturated heterocycles. The summed E-state index contributed by atoms with van der Waals surface area (Å²) in [6.07, 6.45) is -3.39. The lowest BCUT2D eigenvalue weighted by atomic mass is 10.1. The van der Waals surface area contributed by atoms with Gasteiger partial charge in [0.1, 0.15) is 23.2 Å². The smallest absolute Gasteiger partial charge is 0.416 e. The highest BCUT2D eigenvalue weighted by Crippen LogP contribution is 2.36. The van der Waals surface area contributed by atoms with Crippen molar-refractivity contribution in [2.75, 3.05) is 5.32 Å². The molecule has 1 N–H and O–H groups in total. The van der Waals surface area contributed by atoms with Crippen LogP contribution < -0.4 is 5.32 Å². The normalized spacial score (nSPS) is 11.8. The quantitative estimate of drug-likeness (QED) is 0.350. The molecule has 0 atom stereocenters. The van der Waals surface area contributed by atoms with E-state index >= 15 is 0 Å². The summed E-state index contributed by atoms with van der Waals surface area (Å²) in [5.74, 6) is -0.394.